The number of nitrogens with zero attached hydrogens (tertiary/aromatic N) is 1. The number of thioether (sulfide) groups is 1. The Balaban J connectivity index is 0.00000484. The van der Waals surface area contributed by atoms with Crippen molar-refractivity contribution in [1.82, 2.24) is 5.32 Å². The minimum atomic E-state index is 0. The van der Waals surface area contributed by atoms with Gasteiger partial charge in [-0.25, -0.2) is 0 Å². The van der Waals surface area contributed by atoms with Gasteiger partial charge in [-0.15, -0.1) is 24.0 Å². The van der Waals surface area contributed by atoms with Gasteiger partial charge in [-0.2, -0.15) is 11.8 Å². The Morgan fingerprint density at radius 1 is 1.26 bits per heavy atom. The van der Waals surface area contributed by atoms with Crippen LogP contribution in [-0.2, 0) is 0 Å². The SMILES string of the molecule is CCNC(=NCCCSC)Nc1ccc(OCC)c(OC)c1.I. The number of guanidine groups is 1. The highest BCUT2D eigenvalue weighted by Gasteiger charge is 2.06. The highest BCUT2D eigenvalue weighted by atomic mass is 127. The standard InChI is InChI=1S/C16H27N3O2S.HI/c1-5-17-16(18-10-7-11-22-4)19-13-8-9-14(21-6-2)15(12-13)20-3;/h8-9,12H,5-7,10-11H2,1-4H3,(H2,17,18,19);1H. The van der Waals surface area contributed by atoms with E-state index >= 15 is 0 Å². The summed E-state index contributed by atoms with van der Waals surface area (Å²) in [7, 11) is 1.64. The molecule has 0 aliphatic heterocycles. The summed E-state index contributed by atoms with van der Waals surface area (Å²) < 4.78 is 10.9. The average Bonchev–Trinajstić information content (AvgIpc) is 2.53. The van der Waals surface area contributed by atoms with Crippen molar-refractivity contribution in [2.75, 3.05) is 44.1 Å². The fourth-order valence-corrected chi connectivity index (χ4v) is 2.28. The first-order chi connectivity index (χ1) is 10.7. The molecule has 0 amide bonds. The van der Waals surface area contributed by atoms with Gasteiger partial charge in [-0.1, -0.05) is 0 Å². The third kappa shape index (κ3) is 8.55. The van der Waals surface area contributed by atoms with Crippen LogP contribution < -0.4 is 20.1 Å². The molecule has 0 aromatic heterocycles. The normalized spacial score (nSPS) is 10.7. The largest absolute Gasteiger partial charge is 0.493 e. The van der Waals surface area contributed by atoms with Gasteiger partial charge in [0.1, 0.15) is 0 Å². The van der Waals surface area contributed by atoms with Crippen molar-refractivity contribution in [3.05, 3.63) is 18.2 Å². The number of hydrogen-bond donors (Lipinski definition) is 2. The maximum absolute atomic E-state index is 5.53. The molecule has 1 rings (SSSR count). The number of hydrogen-bond acceptors (Lipinski definition) is 4. The maximum Gasteiger partial charge on any atom is 0.195 e. The Morgan fingerprint density at radius 2 is 2.04 bits per heavy atom. The molecule has 0 heterocycles. The van der Waals surface area contributed by atoms with Crippen molar-refractivity contribution >= 4 is 47.4 Å². The molecule has 0 radical (unpaired) electrons. The molecular formula is C16H28IN3O2S. The number of benzene rings is 1. The first-order valence-corrected chi connectivity index (χ1v) is 8.99. The highest BCUT2D eigenvalue weighted by molar-refractivity contribution is 14.0. The zero-order chi connectivity index (χ0) is 16.2. The number of aliphatic imine (C=N–C) groups is 1. The predicted octanol–water partition coefficient (Wildman–Crippen LogP) is 3.84. The number of ether oxygens (including phenoxy) is 2. The number of rotatable bonds is 9. The second-order valence-electron chi connectivity index (χ2n) is 4.53. The molecule has 0 saturated carbocycles. The number of anilines is 1. The Bertz CT molecular complexity index is 473. The van der Waals surface area contributed by atoms with Gasteiger partial charge in [0.15, 0.2) is 17.5 Å². The van der Waals surface area contributed by atoms with Crippen LogP contribution in [0.1, 0.15) is 20.3 Å². The molecular weight excluding hydrogens is 425 g/mol. The minimum Gasteiger partial charge on any atom is -0.493 e. The van der Waals surface area contributed by atoms with E-state index in [9.17, 15) is 0 Å². The van der Waals surface area contributed by atoms with E-state index < -0.39 is 0 Å². The van der Waals surface area contributed by atoms with Gasteiger partial charge in [0.05, 0.1) is 13.7 Å². The summed E-state index contributed by atoms with van der Waals surface area (Å²) in [6.45, 7) is 6.25. The Morgan fingerprint density at radius 3 is 2.65 bits per heavy atom. The van der Waals surface area contributed by atoms with Crippen molar-refractivity contribution in [3.8, 4) is 11.5 Å². The summed E-state index contributed by atoms with van der Waals surface area (Å²) in [5.74, 6) is 3.37. The van der Waals surface area contributed by atoms with E-state index in [-0.39, 0.29) is 24.0 Å². The number of methoxy groups -OCH3 is 1. The van der Waals surface area contributed by atoms with Gasteiger partial charge in [-0.05, 0) is 44.4 Å². The third-order valence-corrected chi connectivity index (χ3v) is 3.54. The van der Waals surface area contributed by atoms with Crippen molar-refractivity contribution in [1.29, 1.82) is 0 Å². The van der Waals surface area contributed by atoms with Crippen LogP contribution in [0.15, 0.2) is 23.2 Å². The van der Waals surface area contributed by atoms with Crippen LogP contribution in [0.5, 0.6) is 11.5 Å². The smallest absolute Gasteiger partial charge is 0.195 e. The van der Waals surface area contributed by atoms with Gasteiger partial charge in [0.2, 0.25) is 0 Å². The summed E-state index contributed by atoms with van der Waals surface area (Å²) in [6, 6.07) is 5.78. The van der Waals surface area contributed by atoms with Crippen LogP contribution >= 0.6 is 35.7 Å². The van der Waals surface area contributed by atoms with Crippen LogP contribution in [-0.4, -0.2) is 44.8 Å². The molecule has 132 valence electrons. The molecule has 1 aromatic rings. The van der Waals surface area contributed by atoms with Crippen LogP contribution in [0.2, 0.25) is 0 Å². The second-order valence-corrected chi connectivity index (χ2v) is 5.52. The van der Waals surface area contributed by atoms with Crippen molar-refractivity contribution < 1.29 is 9.47 Å². The number of nitrogens with one attached hydrogen (secondary N) is 2. The van der Waals surface area contributed by atoms with E-state index in [1.165, 1.54) is 0 Å². The quantitative estimate of drug-likeness (QED) is 0.258. The molecule has 0 saturated heterocycles. The molecule has 2 N–H and O–H groups in total. The van der Waals surface area contributed by atoms with Crippen molar-refractivity contribution in [3.63, 3.8) is 0 Å². The van der Waals surface area contributed by atoms with Crippen LogP contribution in [0.4, 0.5) is 5.69 Å². The van der Waals surface area contributed by atoms with Crippen LogP contribution in [0.25, 0.3) is 0 Å². The molecule has 23 heavy (non-hydrogen) atoms. The van der Waals surface area contributed by atoms with E-state index in [1.54, 1.807) is 7.11 Å². The fourth-order valence-electron chi connectivity index (χ4n) is 1.86. The molecule has 1 aromatic carbocycles. The molecule has 5 nitrogen and oxygen atoms in total. The number of halogens is 1. The minimum absolute atomic E-state index is 0. The summed E-state index contributed by atoms with van der Waals surface area (Å²) in [5.41, 5.74) is 0.921. The molecule has 0 spiro atoms. The molecule has 0 atom stereocenters. The zero-order valence-electron chi connectivity index (χ0n) is 14.3. The summed E-state index contributed by atoms with van der Waals surface area (Å²) in [6.07, 6.45) is 3.18. The summed E-state index contributed by atoms with van der Waals surface area (Å²) in [4.78, 5) is 4.57. The van der Waals surface area contributed by atoms with E-state index in [0.717, 1.165) is 42.7 Å². The lowest BCUT2D eigenvalue weighted by Gasteiger charge is -2.14. The average molecular weight is 453 g/mol. The molecule has 0 bridgehead atoms. The Hall–Kier alpha value is -0.830. The van der Waals surface area contributed by atoms with E-state index in [0.29, 0.717) is 12.4 Å². The van der Waals surface area contributed by atoms with Gasteiger partial charge in [-0.3, -0.25) is 4.99 Å². The van der Waals surface area contributed by atoms with Crippen LogP contribution in [0, 0.1) is 0 Å². The van der Waals surface area contributed by atoms with E-state index in [1.807, 2.05) is 36.9 Å². The van der Waals surface area contributed by atoms with Gasteiger partial charge >= 0.3 is 0 Å². The molecule has 7 heteroatoms. The molecule has 0 fully saturated rings. The fraction of sp³-hybridized carbons (Fsp3) is 0.562. The lowest BCUT2D eigenvalue weighted by molar-refractivity contribution is 0.311. The Labute approximate surface area is 161 Å². The monoisotopic (exact) mass is 453 g/mol. The predicted molar refractivity (Wildman–Crippen MR) is 112 cm³/mol. The van der Waals surface area contributed by atoms with Gasteiger partial charge in [0.25, 0.3) is 0 Å². The zero-order valence-corrected chi connectivity index (χ0v) is 17.5. The van der Waals surface area contributed by atoms with Gasteiger partial charge < -0.3 is 20.1 Å². The van der Waals surface area contributed by atoms with E-state index in [2.05, 4.69) is 28.8 Å². The van der Waals surface area contributed by atoms with Gasteiger partial charge in [0, 0.05) is 24.8 Å². The first kappa shape index (κ1) is 22.2. The molecule has 0 unspecified atom stereocenters. The first-order valence-electron chi connectivity index (χ1n) is 7.60. The molecule has 0 aliphatic rings. The highest BCUT2D eigenvalue weighted by Crippen LogP contribution is 2.30. The summed E-state index contributed by atoms with van der Waals surface area (Å²) >= 11 is 1.84. The van der Waals surface area contributed by atoms with Crippen molar-refractivity contribution in [2.24, 2.45) is 4.99 Å². The topological polar surface area (TPSA) is 54.9 Å². The summed E-state index contributed by atoms with van der Waals surface area (Å²) in [5, 5.41) is 6.54. The third-order valence-electron chi connectivity index (χ3n) is 2.85. The van der Waals surface area contributed by atoms with Crippen LogP contribution in [0.3, 0.4) is 0 Å². The maximum atomic E-state index is 5.53. The van der Waals surface area contributed by atoms with Crippen molar-refractivity contribution in [2.45, 2.75) is 20.3 Å². The lowest BCUT2D eigenvalue weighted by atomic mass is 10.2. The second kappa shape index (κ2) is 13.6. The molecule has 0 aliphatic carbocycles. The lowest BCUT2D eigenvalue weighted by Crippen LogP contribution is -2.30. The Kier molecular flexibility index (Phi) is 13.1. The van der Waals surface area contributed by atoms with E-state index in [4.69, 9.17) is 9.47 Å².